The first-order valence-electron chi connectivity index (χ1n) is 5.49. The SMILES string of the molecule is CCNCc1cn(-c2ccccc2C)nn1. The molecular formula is C12H16N4. The lowest BCUT2D eigenvalue weighted by Crippen LogP contribution is -2.11. The Morgan fingerprint density at radius 2 is 2.12 bits per heavy atom. The molecule has 16 heavy (non-hydrogen) atoms. The van der Waals surface area contributed by atoms with Crippen LogP contribution in [0.25, 0.3) is 5.69 Å². The highest BCUT2D eigenvalue weighted by atomic mass is 15.4. The molecule has 0 saturated carbocycles. The fraction of sp³-hybridized carbons (Fsp3) is 0.333. The Morgan fingerprint density at radius 1 is 1.31 bits per heavy atom. The van der Waals surface area contributed by atoms with Crippen molar-refractivity contribution in [1.29, 1.82) is 0 Å². The molecule has 2 aromatic rings. The molecule has 0 radical (unpaired) electrons. The van der Waals surface area contributed by atoms with Crippen molar-refractivity contribution in [3.8, 4) is 5.69 Å². The summed E-state index contributed by atoms with van der Waals surface area (Å²) in [5.74, 6) is 0. The lowest BCUT2D eigenvalue weighted by atomic mass is 10.2. The van der Waals surface area contributed by atoms with Crippen molar-refractivity contribution < 1.29 is 0 Å². The van der Waals surface area contributed by atoms with Crippen LogP contribution < -0.4 is 5.32 Å². The zero-order chi connectivity index (χ0) is 11.4. The molecule has 0 amide bonds. The molecule has 1 heterocycles. The lowest BCUT2D eigenvalue weighted by Gasteiger charge is -2.03. The molecular weight excluding hydrogens is 200 g/mol. The van der Waals surface area contributed by atoms with Gasteiger partial charge in [0.05, 0.1) is 17.6 Å². The molecule has 4 nitrogen and oxygen atoms in total. The molecule has 0 spiro atoms. The van der Waals surface area contributed by atoms with Gasteiger partial charge in [0.2, 0.25) is 0 Å². The van der Waals surface area contributed by atoms with Gasteiger partial charge < -0.3 is 5.32 Å². The van der Waals surface area contributed by atoms with Crippen LogP contribution in [0.3, 0.4) is 0 Å². The van der Waals surface area contributed by atoms with Crippen LogP contribution in [0.5, 0.6) is 0 Å². The largest absolute Gasteiger partial charge is 0.311 e. The van der Waals surface area contributed by atoms with Crippen LogP contribution in [0.2, 0.25) is 0 Å². The van der Waals surface area contributed by atoms with Crippen molar-refractivity contribution >= 4 is 0 Å². The maximum atomic E-state index is 4.13. The van der Waals surface area contributed by atoms with Gasteiger partial charge in [-0.1, -0.05) is 30.3 Å². The molecule has 0 atom stereocenters. The minimum absolute atomic E-state index is 0.766. The monoisotopic (exact) mass is 216 g/mol. The topological polar surface area (TPSA) is 42.7 Å². The highest BCUT2D eigenvalue weighted by Gasteiger charge is 2.03. The first kappa shape index (κ1) is 10.8. The number of nitrogens with zero attached hydrogens (tertiary/aromatic N) is 3. The zero-order valence-electron chi connectivity index (χ0n) is 9.64. The number of hydrogen-bond acceptors (Lipinski definition) is 3. The molecule has 1 aromatic heterocycles. The van der Waals surface area contributed by atoms with E-state index in [4.69, 9.17) is 0 Å². The molecule has 2 rings (SSSR count). The Hall–Kier alpha value is -1.68. The van der Waals surface area contributed by atoms with Crippen molar-refractivity contribution in [2.24, 2.45) is 0 Å². The standard InChI is InChI=1S/C12H16N4/c1-3-13-8-11-9-16(15-14-11)12-7-5-4-6-10(12)2/h4-7,9,13H,3,8H2,1-2H3. The third kappa shape index (κ3) is 2.28. The maximum absolute atomic E-state index is 4.13. The average Bonchev–Trinajstić information content (AvgIpc) is 2.75. The molecule has 4 heteroatoms. The molecule has 84 valence electrons. The normalized spacial score (nSPS) is 10.6. The number of hydrogen-bond donors (Lipinski definition) is 1. The van der Waals surface area contributed by atoms with Gasteiger partial charge in [0.15, 0.2) is 0 Å². The Morgan fingerprint density at radius 3 is 2.88 bits per heavy atom. The second-order valence-electron chi connectivity index (χ2n) is 3.72. The van der Waals surface area contributed by atoms with Crippen LogP contribution in [0.4, 0.5) is 0 Å². The summed E-state index contributed by atoms with van der Waals surface area (Å²) in [4.78, 5) is 0. The van der Waals surface area contributed by atoms with E-state index in [1.807, 2.05) is 29.1 Å². The van der Waals surface area contributed by atoms with E-state index in [0.717, 1.165) is 24.5 Å². The molecule has 0 aliphatic rings. The van der Waals surface area contributed by atoms with Gasteiger partial charge in [-0.2, -0.15) is 0 Å². The second kappa shape index (κ2) is 4.90. The van der Waals surface area contributed by atoms with Crippen molar-refractivity contribution in [3.63, 3.8) is 0 Å². The highest BCUT2D eigenvalue weighted by Crippen LogP contribution is 2.11. The van der Waals surface area contributed by atoms with Crippen molar-refractivity contribution in [1.82, 2.24) is 20.3 Å². The smallest absolute Gasteiger partial charge is 0.0969 e. The summed E-state index contributed by atoms with van der Waals surface area (Å²) in [6, 6.07) is 8.14. The minimum atomic E-state index is 0.766. The van der Waals surface area contributed by atoms with Crippen LogP contribution in [-0.4, -0.2) is 21.5 Å². The van der Waals surface area contributed by atoms with Gasteiger partial charge >= 0.3 is 0 Å². The van der Waals surface area contributed by atoms with Crippen LogP contribution >= 0.6 is 0 Å². The summed E-state index contributed by atoms with van der Waals surface area (Å²) in [5, 5.41) is 11.5. The van der Waals surface area contributed by atoms with Crippen molar-refractivity contribution in [2.45, 2.75) is 20.4 Å². The fourth-order valence-corrected chi connectivity index (χ4v) is 1.57. The van der Waals surface area contributed by atoms with Gasteiger partial charge in [-0.15, -0.1) is 5.10 Å². The van der Waals surface area contributed by atoms with Crippen molar-refractivity contribution in [2.75, 3.05) is 6.54 Å². The number of aryl methyl sites for hydroxylation is 1. The van der Waals surface area contributed by atoms with Gasteiger partial charge in [-0.05, 0) is 25.1 Å². The molecule has 0 unspecified atom stereocenters. The Labute approximate surface area is 95.3 Å². The summed E-state index contributed by atoms with van der Waals surface area (Å²) in [6.07, 6.45) is 1.96. The summed E-state index contributed by atoms with van der Waals surface area (Å²) in [7, 11) is 0. The first-order valence-corrected chi connectivity index (χ1v) is 5.49. The molecule has 1 N–H and O–H groups in total. The summed E-state index contributed by atoms with van der Waals surface area (Å²) in [6.45, 7) is 5.85. The number of nitrogens with one attached hydrogen (secondary N) is 1. The fourth-order valence-electron chi connectivity index (χ4n) is 1.57. The first-order chi connectivity index (χ1) is 7.81. The van der Waals surface area contributed by atoms with Gasteiger partial charge in [0.25, 0.3) is 0 Å². The Kier molecular flexibility index (Phi) is 3.31. The minimum Gasteiger partial charge on any atom is -0.311 e. The van der Waals surface area contributed by atoms with E-state index in [9.17, 15) is 0 Å². The molecule has 0 saturated heterocycles. The molecule has 0 bridgehead atoms. The second-order valence-corrected chi connectivity index (χ2v) is 3.72. The highest BCUT2D eigenvalue weighted by molar-refractivity contribution is 5.38. The summed E-state index contributed by atoms with van der Waals surface area (Å²) in [5.41, 5.74) is 3.24. The zero-order valence-corrected chi connectivity index (χ0v) is 9.64. The number of aromatic nitrogens is 3. The predicted octanol–water partition coefficient (Wildman–Crippen LogP) is 1.69. The average molecular weight is 216 g/mol. The van der Waals surface area contributed by atoms with E-state index < -0.39 is 0 Å². The predicted molar refractivity (Wildman–Crippen MR) is 63.5 cm³/mol. The quantitative estimate of drug-likeness (QED) is 0.845. The number of benzene rings is 1. The van der Waals surface area contributed by atoms with Crippen LogP contribution in [0.15, 0.2) is 30.5 Å². The van der Waals surface area contributed by atoms with Gasteiger partial charge in [0, 0.05) is 6.54 Å². The van der Waals surface area contributed by atoms with E-state index in [1.165, 1.54) is 5.56 Å². The van der Waals surface area contributed by atoms with E-state index in [-0.39, 0.29) is 0 Å². The Balaban J connectivity index is 2.22. The third-order valence-electron chi connectivity index (χ3n) is 2.46. The molecule has 1 aromatic carbocycles. The summed E-state index contributed by atoms with van der Waals surface area (Å²) < 4.78 is 1.82. The maximum Gasteiger partial charge on any atom is 0.0969 e. The van der Waals surface area contributed by atoms with Gasteiger partial charge in [-0.3, -0.25) is 0 Å². The van der Waals surface area contributed by atoms with E-state index >= 15 is 0 Å². The Bertz CT molecular complexity index is 462. The molecule has 0 fully saturated rings. The molecule has 0 aliphatic carbocycles. The van der Waals surface area contributed by atoms with E-state index in [2.05, 4.69) is 35.5 Å². The van der Waals surface area contributed by atoms with E-state index in [1.54, 1.807) is 0 Å². The number of para-hydroxylation sites is 1. The lowest BCUT2D eigenvalue weighted by molar-refractivity contribution is 0.705. The molecule has 0 aliphatic heterocycles. The third-order valence-corrected chi connectivity index (χ3v) is 2.46. The van der Waals surface area contributed by atoms with E-state index in [0.29, 0.717) is 0 Å². The van der Waals surface area contributed by atoms with Gasteiger partial charge in [-0.25, -0.2) is 4.68 Å². The summed E-state index contributed by atoms with van der Waals surface area (Å²) >= 11 is 0. The van der Waals surface area contributed by atoms with Crippen molar-refractivity contribution in [3.05, 3.63) is 41.7 Å². The van der Waals surface area contributed by atoms with Crippen LogP contribution in [0, 0.1) is 6.92 Å². The number of rotatable bonds is 4. The van der Waals surface area contributed by atoms with Crippen LogP contribution in [0.1, 0.15) is 18.2 Å². The van der Waals surface area contributed by atoms with Crippen LogP contribution in [-0.2, 0) is 6.54 Å². The van der Waals surface area contributed by atoms with Gasteiger partial charge in [0.1, 0.15) is 0 Å².